The van der Waals surface area contributed by atoms with Gasteiger partial charge in [-0.3, -0.25) is 0 Å². The Morgan fingerprint density at radius 2 is 1.58 bits per heavy atom. The number of hydrogen-bond acceptors (Lipinski definition) is 10. The van der Waals surface area contributed by atoms with Crippen LogP contribution >= 0.6 is 0 Å². The second-order valence-corrected chi connectivity index (χ2v) is 12.1. The van der Waals surface area contributed by atoms with Crippen molar-refractivity contribution < 1.29 is 18.9 Å². The molecule has 250 valence electrons. The zero-order valence-electron chi connectivity index (χ0n) is 27.0. The fourth-order valence-electron chi connectivity index (χ4n) is 6.12. The number of pyridine rings is 1. The predicted molar refractivity (Wildman–Crippen MR) is 177 cm³/mol. The molecular weight excluding hydrogens is 614 g/mol. The van der Waals surface area contributed by atoms with Gasteiger partial charge in [0, 0.05) is 55.2 Å². The molecule has 0 radical (unpaired) electrons. The summed E-state index contributed by atoms with van der Waals surface area (Å²) in [6.45, 7) is 8.50. The lowest BCUT2D eigenvalue weighted by Crippen LogP contribution is -2.46. The quantitative estimate of drug-likeness (QED) is 0.155. The number of rotatable bonds is 11. The molecule has 7 rings (SSSR count). The van der Waals surface area contributed by atoms with E-state index in [0.29, 0.717) is 13.2 Å². The lowest BCUT2D eigenvalue weighted by Gasteiger charge is -2.37. The van der Waals surface area contributed by atoms with Crippen LogP contribution in [0.4, 0.5) is 11.4 Å². The molecule has 0 unspecified atom stereocenters. The van der Waals surface area contributed by atoms with E-state index in [-0.39, 0.29) is 24.4 Å². The van der Waals surface area contributed by atoms with Gasteiger partial charge < -0.3 is 29.2 Å². The predicted octanol–water partition coefficient (Wildman–Crippen LogP) is 2.90. The van der Waals surface area contributed by atoms with E-state index in [1.807, 2.05) is 38.1 Å². The van der Waals surface area contributed by atoms with Gasteiger partial charge in [-0.05, 0) is 61.9 Å². The minimum Gasteiger partial charge on any atom is -0.619 e. The summed E-state index contributed by atoms with van der Waals surface area (Å²) in [5.41, 5.74) is 3.69. The molecule has 5 heterocycles. The summed E-state index contributed by atoms with van der Waals surface area (Å²) < 4.78 is 24.2. The van der Waals surface area contributed by atoms with Gasteiger partial charge in [-0.15, -0.1) is 0 Å². The Morgan fingerprint density at radius 1 is 0.938 bits per heavy atom. The van der Waals surface area contributed by atoms with Gasteiger partial charge in [-0.2, -0.15) is 14.9 Å². The van der Waals surface area contributed by atoms with E-state index in [4.69, 9.17) is 14.2 Å². The molecule has 0 aliphatic carbocycles. The number of benzene rings is 2. The normalized spacial score (nSPS) is 20.2. The van der Waals surface area contributed by atoms with Crippen molar-refractivity contribution in [1.82, 2.24) is 29.1 Å². The second kappa shape index (κ2) is 13.5. The number of hydrogen-bond donors (Lipinski definition) is 0. The van der Waals surface area contributed by atoms with Crippen molar-refractivity contribution in [3.05, 3.63) is 113 Å². The molecule has 0 spiro atoms. The summed E-state index contributed by atoms with van der Waals surface area (Å²) in [6, 6.07) is 19.7. The van der Waals surface area contributed by atoms with E-state index in [1.165, 1.54) is 23.4 Å². The average molecular weight is 654 g/mol. The van der Waals surface area contributed by atoms with Crippen molar-refractivity contribution in [2.45, 2.75) is 44.7 Å². The summed E-state index contributed by atoms with van der Waals surface area (Å²) in [5.74, 6) is -0.364. The number of aromatic nitrogens is 7. The van der Waals surface area contributed by atoms with Crippen molar-refractivity contribution in [3.8, 4) is 11.4 Å². The Kier molecular flexibility index (Phi) is 8.82. The summed E-state index contributed by atoms with van der Waals surface area (Å²) >= 11 is 0. The van der Waals surface area contributed by atoms with Crippen LogP contribution in [0.3, 0.4) is 0 Å². The van der Waals surface area contributed by atoms with Crippen molar-refractivity contribution >= 4 is 11.4 Å². The molecule has 0 N–H and O–H groups in total. The van der Waals surface area contributed by atoms with Crippen LogP contribution in [0.1, 0.15) is 31.9 Å². The molecule has 2 aromatic carbocycles. The van der Waals surface area contributed by atoms with Gasteiger partial charge in [0.2, 0.25) is 5.79 Å². The van der Waals surface area contributed by atoms with Gasteiger partial charge in [-0.25, -0.2) is 23.7 Å². The zero-order chi connectivity index (χ0) is 33.1. The molecule has 3 aromatic heterocycles. The molecule has 2 aliphatic rings. The van der Waals surface area contributed by atoms with Crippen LogP contribution in [0, 0.1) is 5.21 Å². The molecule has 5 aromatic rings. The number of nitrogens with zero attached hydrogens (tertiary/aromatic N) is 9. The first-order chi connectivity index (χ1) is 23.4. The number of piperazine rings is 1. The maximum absolute atomic E-state index is 12.8. The maximum atomic E-state index is 12.8. The molecule has 0 bridgehead atoms. The highest BCUT2D eigenvalue weighted by Crippen LogP contribution is 2.36. The van der Waals surface area contributed by atoms with Gasteiger partial charge in [0.15, 0.2) is 12.4 Å². The van der Waals surface area contributed by atoms with Crippen LogP contribution in [-0.2, 0) is 21.8 Å². The zero-order valence-corrected chi connectivity index (χ0v) is 27.0. The first kappa shape index (κ1) is 31.4. The van der Waals surface area contributed by atoms with Crippen molar-refractivity contribution in [2.24, 2.45) is 0 Å². The highest BCUT2D eigenvalue weighted by Gasteiger charge is 2.44. The highest BCUT2D eigenvalue weighted by molar-refractivity contribution is 5.54. The minimum absolute atomic E-state index is 0.0639. The van der Waals surface area contributed by atoms with Gasteiger partial charge in [0.25, 0.3) is 0 Å². The first-order valence-corrected chi connectivity index (χ1v) is 16.2. The van der Waals surface area contributed by atoms with E-state index >= 15 is 0 Å². The Labute approximate surface area is 277 Å². The SMILES string of the molecule is CC[C@@H](C)n1ncn(-c2ccc(N3CCN(c4ccc(OC[C@@H]5CO[C@@](Cn6cncn6)(c6cc[n+]([O-])cc6)O5)cc4)CC3)cc2)c1=O. The van der Waals surface area contributed by atoms with Crippen LogP contribution in [-0.4, -0.2) is 74.6 Å². The molecule has 2 saturated heterocycles. The lowest BCUT2D eigenvalue weighted by molar-refractivity contribution is -0.605. The van der Waals surface area contributed by atoms with Crippen molar-refractivity contribution in [3.63, 3.8) is 0 Å². The van der Waals surface area contributed by atoms with Crippen molar-refractivity contribution in [2.75, 3.05) is 49.2 Å². The fraction of sp³-hybridized carbons (Fsp3) is 0.382. The Bertz CT molecular complexity index is 1830. The van der Waals surface area contributed by atoms with E-state index in [2.05, 4.69) is 49.2 Å². The minimum atomic E-state index is -1.11. The van der Waals surface area contributed by atoms with Crippen LogP contribution in [0.25, 0.3) is 5.69 Å². The van der Waals surface area contributed by atoms with Crippen LogP contribution in [0.2, 0.25) is 0 Å². The smallest absolute Gasteiger partial charge is 0.350 e. The van der Waals surface area contributed by atoms with Crippen LogP contribution < -0.4 is 25.0 Å². The summed E-state index contributed by atoms with van der Waals surface area (Å²) in [7, 11) is 0. The van der Waals surface area contributed by atoms with Gasteiger partial charge in [-0.1, -0.05) is 6.92 Å². The topological polar surface area (TPSA) is 132 Å². The Morgan fingerprint density at radius 3 is 2.21 bits per heavy atom. The molecule has 14 heteroatoms. The largest absolute Gasteiger partial charge is 0.619 e. The molecule has 48 heavy (non-hydrogen) atoms. The van der Waals surface area contributed by atoms with Gasteiger partial charge in [0.05, 0.1) is 18.3 Å². The van der Waals surface area contributed by atoms with E-state index < -0.39 is 5.79 Å². The van der Waals surface area contributed by atoms with Gasteiger partial charge in [0.1, 0.15) is 44.0 Å². The monoisotopic (exact) mass is 653 g/mol. The summed E-state index contributed by atoms with van der Waals surface area (Å²) in [6.07, 6.45) is 8.02. The molecular formula is C34H39N9O5. The maximum Gasteiger partial charge on any atom is 0.350 e. The first-order valence-electron chi connectivity index (χ1n) is 16.2. The molecule has 3 atom stereocenters. The third-order valence-electron chi connectivity index (χ3n) is 9.05. The average Bonchev–Trinajstić information content (AvgIpc) is 3.89. The third kappa shape index (κ3) is 6.49. The fourth-order valence-corrected chi connectivity index (χ4v) is 6.12. The summed E-state index contributed by atoms with van der Waals surface area (Å²) in [5, 5.41) is 20.1. The lowest BCUT2D eigenvalue weighted by atomic mass is 10.1. The standard InChI is InChI=1S/C34H39N9O5/c1-3-26(2)43-33(44)42(25-37-43)30-6-4-28(5-7-30)38-16-18-39(19-17-38)29-8-10-31(11-9-29)46-20-32-21-47-34(48-32,22-40-24-35-23-36-40)27-12-14-41(45)15-13-27/h4-15,23-26,32H,3,16-22H2,1-2H3/t26-,32-,34-/m1/s1. The van der Waals surface area contributed by atoms with Crippen LogP contribution in [0.5, 0.6) is 5.75 Å². The highest BCUT2D eigenvalue weighted by atomic mass is 16.8. The second-order valence-electron chi connectivity index (χ2n) is 12.1. The Hall–Kier alpha value is -5.21. The molecule has 0 saturated carbocycles. The third-order valence-corrected chi connectivity index (χ3v) is 9.05. The van der Waals surface area contributed by atoms with Crippen LogP contribution in [0.15, 0.2) is 96.8 Å². The van der Waals surface area contributed by atoms with E-state index in [1.54, 1.807) is 34.0 Å². The van der Waals surface area contributed by atoms with E-state index in [9.17, 15) is 10.0 Å². The molecule has 0 amide bonds. The summed E-state index contributed by atoms with van der Waals surface area (Å²) in [4.78, 5) is 21.5. The molecule has 2 fully saturated rings. The van der Waals surface area contributed by atoms with Crippen molar-refractivity contribution in [1.29, 1.82) is 0 Å². The van der Waals surface area contributed by atoms with Gasteiger partial charge >= 0.3 is 5.69 Å². The van der Waals surface area contributed by atoms with E-state index in [0.717, 1.165) is 65.7 Å². The number of ether oxygens (including phenoxy) is 3. The Balaban J connectivity index is 0.916. The molecule has 14 nitrogen and oxygen atoms in total. The molecule has 2 aliphatic heterocycles. The number of anilines is 2.